The molecule has 0 spiro atoms. The van der Waals surface area contributed by atoms with Crippen molar-refractivity contribution < 1.29 is 188 Å². The Kier molecular flexibility index (Phi) is 23.5. The van der Waals surface area contributed by atoms with Crippen molar-refractivity contribution in [3.63, 3.8) is 0 Å². The van der Waals surface area contributed by atoms with E-state index in [4.69, 9.17) is 10.00 Å². The second kappa shape index (κ2) is 12.0. The van der Waals surface area contributed by atoms with Crippen LogP contribution in [0.1, 0.15) is 0 Å². The van der Waals surface area contributed by atoms with Crippen LogP contribution in [-0.4, -0.2) is 22.0 Å². The molecular weight excluding hydrogens is 315 g/mol. The molecule has 0 fully saturated rings. The minimum Gasteiger partial charge on any atom is -0.809 e. The average Bonchev–Trinajstić information content (AvgIpc) is 1.56. The van der Waals surface area contributed by atoms with Gasteiger partial charge in [-0.05, 0) is 7.60 Å². The largest absolute Gasteiger partial charge is 1.00 e. The van der Waals surface area contributed by atoms with E-state index in [-0.39, 0.29) is 154 Å². The summed E-state index contributed by atoms with van der Waals surface area (Å²) in [6, 6.07) is 0. The fourth-order valence-corrected chi connectivity index (χ4v) is 2.14. The molecule has 0 saturated heterocycles. The van der Waals surface area contributed by atoms with E-state index in [0.29, 0.717) is 0 Å². The number of hydrogen-bond donors (Lipinski definition) is 2. The summed E-state index contributed by atoms with van der Waals surface area (Å²) in [5.74, 6) is -2.57. The van der Waals surface area contributed by atoms with Crippen molar-refractivity contribution >= 4 is 15.2 Å². The van der Waals surface area contributed by atoms with E-state index in [2.05, 4.69) is 0 Å². The Morgan fingerprint density at radius 2 is 1.36 bits per heavy atom. The van der Waals surface area contributed by atoms with Gasteiger partial charge in [0.25, 0.3) is 0 Å². The molecule has 0 aliphatic heterocycles. The van der Waals surface area contributed by atoms with Crippen LogP contribution in [0.15, 0.2) is 0 Å². The molecule has 0 radical (unpaired) electrons. The van der Waals surface area contributed by atoms with Gasteiger partial charge in [-0.15, -0.1) is 0 Å². The van der Waals surface area contributed by atoms with Crippen LogP contribution < -0.4 is 169 Å². The van der Waals surface area contributed by atoms with E-state index in [0.717, 1.165) is 0 Å². The zero-order valence-electron chi connectivity index (χ0n) is 8.11. The van der Waals surface area contributed by atoms with Gasteiger partial charge in [0.2, 0.25) is 0 Å². The van der Waals surface area contributed by atoms with Crippen LogP contribution in [0.2, 0.25) is 0 Å². The molecule has 0 aromatic heterocycles. The van der Waals surface area contributed by atoms with Crippen LogP contribution in [0.25, 0.3) is 0 Å². The zero-order chi connectivity index (χ0) is 9.28. The molecule has 12 heteroatoms. The maximum atomic E-state index is 9.91. The second-order valence-electron chi connectivity index (χ2n) is 1.84. The van der Waals surface area contributed by atoms with Gasteiger partial charge < -0.3 is 33.8 Å². The van der Waals surface area contributed by atoms with E-state index < -0.39 is 27.2 Å². The fraction of sp³-hybridized carbons (Fsp3) is 1.00. The zero-order valence-corrected chi connectivity index (χ0v) is 19.3. The molecule has 0 aromatic rings. The van der Waals surface area contributed by atoms with Crippen LogP contribution in [0.4, 0.5) is 0 Å². The van der Waals surface area contributed by atoms with Crippen molar-refractivity contribution in [2.24, 2.45) is 0 Å². The van der Waals surface area contributed by atoms with Gasteiger partial charge in [0, 0.05) is 6.16 Å². The molecule has 0 aromatic carbocycles. The van der Waals surface area contributed by atoms with E-state index in [1.54, 1.807) is 0 Å². The van der Waals surface area contributed by atoms with Crippen molar-refractivity contribution in [3.05, 3.63) is 0 Å². The van der Waals surface area contributed by atoms with E-state index in [1.807, 2.05) is 0 Å². The summed E-state index contributed by atoms with van der Waals surface area (Å²) in [6.45, 7) is 0. The second-order valence-corrected chi connectivity index (χ2v) is 5.16. The SMILES string of the molecule is O=P([O-])(O)CC(O)P(=O)([O-])[O-].[K+].[K+].[K+]. The van der Waals surface area contributed by atoms with Crippen LogP contribution in [-0.2, 0) is 9.13 Å². The first-order chi connectivity index (χ1) is 4.63. The monoisotopic (exact) mass is 320 g/mol. The predicted molar refractivity (Wildman–Crippen MR) is 28.3 cm³/mol. The minimum absolute atomic E-state index is 0. The van der Waals surface area contributed by atoms with Crippen molar-refractivity contribution in [3.8, 4) is 0 Å². The molecule has 0 rings (SSSR count). The Labute approximate surface area is 209 Å². The van der Waals surface area contributed by atoms with Crippen LogP contribution in [0.5, 0.6) is 0 Å². The normalized spacial score (nSPS) is 16.4. The molecule has 14 heavy (non-hydrogen) atoms. The van der Waals surface area contributed by atoms with Crippen LogP contribution >= 0.6 is 15.2 Å². The summed E-state index contributed by atoms with van der Waals surface area (Å²) in [5, 5.41) is 8.30. The number of aliphatic hydroxyl groups is 1. The van der Waals surface area contributed by atoms with Crippen LogP contribution in [0, 0.1) is 0 Å². The molecule has 0 aliphatic rings. The molecule has 2 N–H and O–H groups in total. The fourth-order valence-electron chi connectivity index (χ4n) is 0.306. The van der Waals surface area contributed by atoms with E-state index >= 15 is 0 Å². The number of rotatable bonds is 3. The van der Waals surface area contributed by atoms with Crippen molar-refractivity contribution in [2.45, 2.75) is 5.85 Å². The molecule has 2 unspecified atom stereocenters. The van der Waals surface area contributed by atoms with Crippen LogP contribution in [0.3, 0.4) is 0 Å². The summed E-state index contributed by atoms with van der Waals surface area (Å²) >= 11 is 0. The predicted octanol–water partition coefficient (Wildman–Crippen LogP) is -12.2. The smallest absolute Gasteiger partial charge is 0.809 e. The Morgan fingerprint density at radius 3 is 1.43 bits per heavy atom. The maximum absolute atomic E-state index is 9.91. The Morgan fingerprint density at radius 1 is 1.07 bits per heavy atom. The summed E-state index contributed by atoms with van der Waals surface area (Å²) in [7, 11) is -10.2. The third kappa shape index (κ3) is 17.2. The first-order valence-corrected chi connectivity index (χ1v) is 5.73. The molecule has 7 nitrogen and oxygen atoms in total. The number of hydrogen-bond acceptors (Lipinski definition) is 6. The third-order valence-electron chi connectivity index (χ3n) is 0.759. The number of aliphatic hydroxyl groups excluding tert-OH is 1. The van der Waals surface area contributed by atoms with Crippen molar-refractivity contribution in [1.82, 2.24) is 0 Å². The first kappa shape index (κ1) is 27.5. The van der Waals surface area contributed by atoms with Gasteiger partial charge in [-0.2, -0.15) is 0 Å². The maximum Gasteiger partial charge on any atom is 1.00 e. The minimum atomic E-state index is -5.33. The molecule has 68 valence electrons. The molecular formula is C2H5K3O7P2. The average molecular weight is 320 g/mol. The molecule has 0 bridgehead atoms. The summed E-state index contributed by atoms with van der Waals surface area (Å²) < 4.78 is 19.8. The van der Waals surface area contributed by atoms with Gasteiger partial charge in [-0.3, -0.25) is 0 Å². The summed E-state index contributed by atoms with van der Waals surface area (Å²) in [6.07, 6.45) is -1.46. The molecule has 0 amide bonds. The van der Waals surface area contributed by atoms with Gasteiger partial charge >= 0.3 is 154 Å². The Bertz CT molecular complexity index is 221. The van der Waals surface area contributed by atoms with Gasteiger partial charge in [0.1, 0.15) is 7.60 Å². The molecule has 2 atom stereocenters. The van der Waals surface area contributed by atoms with E-state index in [1.165, 1.54) is 0 Å². The van der Waals surface area contributed by atoms with Gasteiger partial charge in [0.05, 0.1) is 5.85 Å². The third-order valence-corrected chi connectivity index (χ3v) is 2.77. The van der Waals surface area contributed by atoms with Crippen molar-refractivity contribution in [1.29, 1.82) is 0 Å². The quantitative estimate of drug-likeness (QED) is 0.388. The van der Waals surface area contributed by atoms with Gasteiger partial charge in [0.15, 0.2) is 0 Å². The topological polar surface area (TPSA) is 144 Å². The Balaban J connectivity index is -0.000000167. The summed E-state index contributed by atoms with van der Waals surface area (Å²) in [4.78, 5) is 37.6. The van der Waals surface area contributed by atoms with Gasteiger partial charge in [-0.1, -0.05) is 0 Å². The molecule has 0 saturated carbocycles. The molecule has 0 heterocycles. The standard InChI is InChI=1S/C2H8O7P2.3K/c3-2(11(7,8)9)1-10(4,5)6;;;/h2-3H,1H2,(H2,4,5,6)(H2,7,8,9);;;/q;3*+1/p-3. The molecule has 0 aliphatic carbocycles. The first-order valence-electron chi connectivity index (χ1n) is 2.35. The van der Waals surface area contributed by atoms with E-state index in [9.17, 15) is 23.8 Å². The van der Waals surface area contributed by atoms with Crippen molar-refractivity contribution in [2.75, 3.05) is 6.16 Å². The van der Waals surface area contributed by atoms with Gasteiger partial charge in [-0.25, -0.2) is 0 Å². The Hall–Kier alpha value is 5.17. The summed E-state index contributed by atoms with van der Waals surface area (Å²) in [5.41, 5.74) is 0.